The van der Waals surface area contributed by atoms with Crippen molar-refractivity contribution in [1.29, 1.82) is 5.41 Å². The van der Waals surface area contributed by atoms with Crippen molar-refractivity contribution in [3.63, 3.8) is 0 Å². The lowest BCUT2D eigenvalue weighted by Crippen LogP contribution is -2.35. The number of benzene rings is 2. The van der Waals surface area contributed by atoms with Crippen LogP contribution < -0.4 is 4.74 Å². The van der Waals surface area contributed by atoms with Gasteiger partial charge in [-0.25, -0.2) is 0 Å². The largest absolute Gasteiger partial charge is 0.492 e. The summed E-state index contributed by atoms with van der Waals surface area (Å²) in [5.74, 6) is -0.577. The third kappa shape index (κ3) is 4.40. The van der Waals surface area contributed by atoms with Gasteiger partial charge in [0, 0.05) is 27.2 Å². The van der Waals surface area contributed by atoms with Crippen LogP contribution in [0.1, 0.15) is 11.3 Å². The molecule has 1 N–H and O–H groups in total. The lowest BCUT2D eigenvalue weighted by atomic mass is 10.1. The number of alkyl halides is 3. The highest BCUT2D eigenvalue weighted by Crippen LogP contribution is 2.36. The van der Waals surface area contributed by atoms with Gasteiger partial charge in [-0.15, -0.1) is 0 Å². The van der Waals surface area contributed by atoms with Crippen LogP contribution in [0.25, 0.3) is 17.0 Å². The number of amides is 1. The van der Waals surface area contributed by atoms with E-state index in [1.54, 1.807) is 24.3 Å². The number of thioether (sulfide) groups is 1. The summed E-state index contributed by atoms with van der Waals surface area (Å²) in [4.78, 5) is 16.5. The number of nitrogens with one attached hydrogen (secondary N) is 1. The molecule has 184 valence electrons. The zero-order valence-electron chi connectivity index (χ0n) is 18.6. The van der Waals surface area contributed by atoms with Crippen LogP contribution in [0.5, 0.6) is 5.75 Å². The van der Waals surface area contributed by atoms with E-state index in [4.69, 9.17) is 21.7 Å². The summed E-state index contributed by atoms with van der Waals surface area (Å²) in [5.41, 5.74) is 2.20. The normalized spacial score (nSPS) is 17.0. The minimum atomic E-state index is -4.70. The molecule has 3 aromatic rings. The van der Waals surface area contributed by atoms with Gasteiger partial charge in [0.15, 0.2) is 5.84 Å². The monoisotopic (exact) mass is 531 g/mol. The second-order valence-corrected chi connectivity index (χ2v) is 9.29. The van der Waals surface area contributed by atoms with Gasteiger partial charge in [-0.3, -0.25) is 10.2 Å². The molecule has 36 heavy (non-hydrogen) atoms. The lowest BCUT2D eigenvalue weighted by Gasteiger charge is -2.20. The van der Waals surface area contributed by atoms with E-state index in [2.05, 4.69) is 10.1 Å². The molecule has 0 radical (unpaired) electrons. The maximum Gasteiger partial charge on any atom is 0.441 e. The molecule has 0 atom stereocenters. The van der Waals surface area contributed by atoms with E-state index >= 15 is 0 Å². The standard InChI is InChI=1S/C24H17ClF3N5O2S/c1-13-17(12-18-20(29)33-23(30-21(18)34)36-22(31-33)24(26,27)28)16-4-2-3-5-19(16)32(13)10-11-35-15-8-6-14(25)7-9-15/h2-9,12,29H,10-11H2,1H3. The molecule has 2 aliphatic heterocycles. The summed E-state index contributed by atoms with van der Waals surface area (Å²) < 4.78 is 47.2. The van der Waals surface area contributed by atoms with Gasteiger partial charge in [0.2, 0.25) is 10.2 Å². The number of carbonyl (C=O) groups is 1. The van der Waals surface area contributed by atoms with Crippen LogP contribution in [0.15, 0.2) is 64.2 Å². The molecule has 0 saturated heterocycles. The van der Waals surface area contributed by atoms with Crippen molar-refractivity contribution in [2.45, 2.75) is 19.6 Å². The van der Waals surface area contributed by atoms with Crippen LogP contribution in [0.3, 0.4) is 0 Å². The van der Waals surface area contributed by atoms with Gasteiger partial charge < -0.3 is 9.30 Å². The predicted octanol–water partition coefficient (Wildman–Crippen LogP) is 5.86. The van der Waals surface area contributed by atoms with Crippen molar-refractivity contribution in [2.75, 3.05) is 6.61 Å². The number of ether oxygens (including phenoxy) is 1. The summed E-state index contributed by atoms with van der Waals surface area (Å²) in [5, 5.41) is 12.6. The summed E-state index contributed by atoms with van der Waals surface area (Å²) in [6.07, 6.45) is -3.21. The number of hydrogen-bond donors (Lipinski definition) is 1. The Bertz CT molecular complexity index is 1490. The number of hydrogen-bond acceptors (Lipinski definition) is 5. The number of para-hydroxylation sites is 1. The Morgan fingerprint density at radius 2 is 1.89 bits per heavy atom. The first-order chi connectivity index (χ1) is 17.1. The van der Waals surface area contributed by atoms with Gasteiger partial charge in [0.05, 0.1) is 12.1 Å². The fourth-order valence-corrected chi connectivity index (χ4v) is 4.85. The molecule has 3 heterocycles. The zero-order chi connectivity index (χ0) is 25.6. The van der Waals surface area contributed by atoms with Crippen LogP contribution in [0.2, 0.25) is 5.02 Å². The molecule has 0 bridgehead atoms. The molecule has 0 fully saturated rings. The minimum Gasteiger partial charge on any atom is -0.492 e. The highest BCUT2D eigenvalue weighted by molar-refractivity contribution is 8.27. The Balaban J connectivity index is 1.47. The third-order valence-corrected chi connectivity index (χ3v) is 6.87. The molecular formula is C24H17ClF3N5O2S. The molecule has 0 saturated carbocycles. The van der Waals surface area contributed by atoms with Crippen molar-refractivity contribution in [2.24, 2.45) is 10.1 Å². The van der Waals surface area contributed by atoms with Crippen molar-refractivity contribution in [3.8, 4) is 5.75 Å². The molecule has 0 aliphatic carbocycles. The molecule has 1 amide bonds. The molecule has 2 aliphatic rings. The molecular weight excluding hydrogens is 515 g/mol. The first-order valence-corrected chi connectivity index (χ1v) is 11.9. The number of nitrogens with zero attached hydrogens (tertiary/aromatic N) is 4. The Morgan fingerprint density at radius 1 is 1.17 bits per heavy atom. The summed E-state index contributed by atoms with van der Waals surface area (Å²) >= 11 is 6.14. The average molecular weight is 532 g/mol. The average Bonchev–Trinajstić information content (AvgIpc) is 3.38. The molecule has 0 spiro atoms. The second-order valence-electron chi connectivity index (χ2n) is 7.89. The Kier molecular flexibility index (Phi) is 6.13. The van der Waals surface area contributed by atoms with Gasteiger partial charge in [0.25, 0.3) is 5.91 Å². The molecule has 1 aromatic heterocycles. The maximum atomic E-state index is 13.1. The van der Waals surface area contributed by atoms with Crippen LogP contribution in [0.4, 0.5) is 13.2 Å². The molecule has 0 unspecified atom stereocenters. The van der Waals surface area contributed by atoms with E-state index in [1.807, 2.05) is 35.8 Å². The van der Waals surface area contributed by atoms with Crippen molar-refractivity contribution >= 4 is 62.3 Å². The first kappa shape index (κ1) is 24.1. The van der Waals surface area contributed by atoms with Crippen molar-refractivity contribution in [1.82, 2.24) is 9.58 Å². The Morgan fingerprint density at radius 3 is 2.61 bits per heavy atom. The van der Waals surface area contributed by atoms with Gasteiger partial charge in [-0.05, 0) is 55.1 Å². The number of hydrazone groups is 1. The minimum absolute atomic E-state index is 0.144. The SMILES string of the molecule is Cc1c(C=C2C(=N)N3N=C(C(F)(F)F)SC3=NC2=O)c2ccccc2n1CCOc1ccc(Cl)cc1. The van der Waals surface area contributed by atoms with Crippen LogP contribution >= 0.6 is 23.4 Å². The lowest BCUT2D eigenvalue weighted by molar-refractivity contribution is -0.114. The fraction of sp³-hybridized carbons (Fsp3) is 0.167. The van der Waals surface area contributed by atoms with Gasteiger partial charge in [0.1, 0.15) is 12.4 Å². The summed E-state index contributed by atoms with van der Waals surface area (Å²) in [7, 11) is 0. The highest BCUT2D eigenvalue weighted by atomic mass is 35.5. The summed E-state index contributed by atoms with van der Waals surface area (Å²) in [6, 6.07) is 14.6. The number of rotatable bonds is 5. The second kappa shape index (κ2) is 9.14. The van der Waals surface area contributed by atoms with Gasteiger partial charge in [-0.2, -0.15) is 28.3 Å². The quantitative estimate of drug-likeness (QED) is 0.418. The number of halogens is 4. The van der Waals surface area contributed by atoms with Gasteiger partial charge in [-0.1, -0.05) is 29.8 Å². The highest BCUT2D eigenvalue weighted by Gasteiger charge is 2.46. The first-order valence-electron chi connectivity index (χ1n) is 10.7. The third-order valence-electron chi connectivity index (χ3n) is 5.66. The van der Waals surface area contributed by atoms with E-state index in [0.717, 1.165) is 21.6 Å². The van der Waals surface area contributed by atoms with Crippen molar-refractivity contribution in [3.05, 3.63) is 70.4 Å². The molecule has 12 heteroatoms. The number of aromatic nitrogens is 1. The Hall–Kier alpha value is -3.57. The number of amidine groups is 2. The molecule has 5 rings (SSSR count). The van der Waals surface area contributed by atoms with E-state index < -0.39 is 23.0 Å². The van der Waals surface area contributed by atoms with Crippen LogP contribution in [-0.4, -0.2) is 44.3 Å². The van der Waals surface area contributed by atoms with Crippen LogP contribution in [-0.2, 0) is 11.3 Å². The zero-order valence-corrected chi connectivity index (χ0v) is 20.2. The van der Waals surface area contributed by atoms with Crippen LogP contribution in [0, 0.1) is 12.3 Å². The topological polar surface area (TPSA) is 83.0 Å². The van der Waals surface area contributed by atoms with Crippen molar-refractivity contribution < 1.29 is 22.7 Å². The van der Waals surface area contributed by atoms with E-state index in [0.29, 0.717) is 29.5 Å². The van der Waals surface area contributed by atoms with Gasteiger partial charge >= 0.3 is 6.18 Å². The predicted molar refractivity (Wildman–Crippen MR) is 135 cm³/mol. The van der Waals surface area contributed by atoms with E-state index in [1.165, 1.54) is 6.08 Å². The number of fused-ring (bicyclic) bond motifs is 2. The fourth-order valence-electron chi connectivity index (χ4n) is 3.96. The summed E-state index contributed by atoms with van der Waals surface area (Å²) in [6.45, 7) is 2.72. The Labute approximate surface area is 212 Å². The maximum absolute atomic E-state index is 13.1. The van der Waals surface area contributed by atoms with E-state index in [-0.39, 0.29) is 22.5 Å². The number of carbonyl (C=O) groups excluding carboxylic acids is 1. The molecule has 2 aromatic carbocycles. The molecule has 7 nitrogen and oxygen atoms in total. The van der Waals surface area contributed by atoms with E-state index in [9.17, 15) is 18.0 Å². The smallest absolute Gasteiger partial charge is 0.441 e. The number of aliphatic imine (C=N–C) groups is 1.